The Morgan fingerprint density at radius 3 is 1.86 bits per heavy atom. The van der Waals surface area contributed by atoms with Gasteiger partial charge >= 0.3 is 5.97 Å². The smallest absolute Gasteiger partial charge is 0.335 e. The van der Waals surface area contributed by atoms with Crippen LogP contribution in [0.1, 0.15) is 22.3 Å². The first-order chi connectivity index (χ1) is 17.3. The van der Waals surface area contributed by atoms with Gasteiger partial charge in [0.05, 0.1) is 0 Å². The number of aryl methyl sites for hydroxylation is 2. The Hall–Kier alpha value is -4.51. The second kappa shape index (κ2) is 10.8. The van der Waals surface area contributed by atoms with Crippen LogP contribution in [0.5, 0.6) is 5.75 Å². The summed E-state index contributed by atoms with van der Waals surface area (Å²) in [6.45, 7) is 7.56. The Labute approximate surface area is 209 Å². The molecule has 4 rings (SSSR count). The standard InChI is InChI=1S/C31H25F2NO2/c1-4-31(35)36-30-15-13-28(14-16-30)34(29-10-5-21(2)22(3)17-29)27-11-8-23(9-12-27)6-7-24-18-25(32)20-26(33)19-24/h4-20H,1H2,2-3H3. The van der Waals surface area contributed by atoms with Gasteiger partial charge in [-0.2, -0.15) is 0 Å². The number of esters is 1. The van der Waals surface area contributed by atoms with E-state index in [2.05, 4.69) is 43.5 Å². The average Bonchev–Trinajstić information content (AvgIpc) is 2.86. The van der Waals surface area contributed by atoms with Crippen molar-refractivity contribution < 1.29 is 18.3 Å². The largest absolute Gasteiger partial charge is 0.423 e. The number of rotatable bonds is 7. The lowest BCUT2D eigenvalue weighted by atomic mass is 10.1. The maximum atomic E-state index is 13.5. The molecule has 0 radical (unpaired) electrons. The van der Waals surface area contributed by atoms with Crippen molar-refractivity contribution in [1.29, 1.82) is 0 Å². The highest BCUT2D eigenvalue weighted by Crippen LogP contribution is 2.36. The van der Waals surface area contributed by atoms with Gasteiger partial charge in [0.25, 0.3) is 0 Å². The number of hydrogen-bond donors (Lipinski definition) is 0. The van der Waals surface area contributed by atoms with Crippen LogP contribution in [0.25, 0.3) is 12.2 Å². The zero-order chi connectivity index (χ0) is 25.7. The highest BCUT2D eigenvalue weighted by Gasteiger charge is 2.14. The summed E-state index contributed by atoms with van der Waals surface area (Å²) in [5, 5.41) is 0. The molecule has 3 nitrogen and oxygen atoms in total. The number of carbonyl (C=O) groups excluding carboxylic acids is 1. The summed E-state index contributed by atoms with van der Waals surface area (Å²) in [4.78, 5) is 13.6. The Morgan fingerprint density at radius 2 is 1.28 bits per heavy atom. The summed E-state index contributed by atoms with van der Waals surface area (Å²) in [5.74, 6) is -1.31. The van der Waals surface area contributed by atoms with Crippen molar-refractivity contribution in [1.82, 2.24) is 0 Å². The Balaban J connectivity index is 1.66. The summed E-state index contributed by atoms with van der Waals surface area (Å²) in [6, 6.07) is 24.7. The lowest BCUT2D eigenvalue weighted by Gasteiger charge is -2.26. The molecule has 0 heterocycles. The molecule has 0 aliphatic heterocycles. The SMILES string of the molecule is C=CC(=O)Oc1ccc(N(c2ccc(C=Cc3cc(F)cc(F)c3)cc2)c2ccc(C)c(C)c2)cc1. The summed E-state index contributed by atoms with van der Waals surface area (Å²) in [5.41, 5.74) is 6.47. The van der Waals surface area contributed by atoms with Gasteiger partial charge in [-0.15, -0.1) is 0 Å². The van der Waals surface area contributed by atoms with E-state index in [-0.39, 0.29) is 0 Å². The zero-order valence-corrected chi connectivity index (χ0v) is 20.0. The van der Waals surface area contributed by atoms with Crippen LogP contribution in [-0.4, -0.2) is 5.97 Å². The average molecular weight is 482 g/mol. The van der Waals surface area contributed by atoms with Crippen molar-refractivity contribution >= 4 is 35.2 Å². The minimum atomic E-state index is -0.612. The number of anilines is 3. The molecule has 180 valence electrons. The molecule has 0 unspecified atom stereocenters. The fraction of sp³-hybridized carbons (Fsp3) is 0.0645. The fourth-order valence-corrected chi connectivity index (χ4v) is 3.73. The van der Waals surface area contributed by atoms with Crippen molar-refractivity contribution in [3.63, 3.8) is 0 Å². The van der Waals surface area contributed by atoms with E-state index in [0.717, 1.165) is 40.3 Å². The third-order valence-corrected chi connectivity index (χ3v) is 5.73. The molecule has 0 aromatic heterocycles. The third-order valence-electron chi connectivity index (χ3n) is 5.73. The topological polar surface area (TPSA) is 29.5 Å². The van der Waals surface area contributed by atoms with Gasteiger partial charge in [0.1, 0.15) is 17.4 Å². The van der Waals surface area contributed by atoms with Gasteiger partial charge in [0.15, 0.2) is 0 Å². The first-order valence-corrected chi connectivity index (χ1v) is 11.4. The quantitative estimate of drug-likeness (QED) is 0.115. The van der Waals surface area contributed by atoms with Gasteiger partial charge in [-0.25, -0.2) is 13.6 Å². The molecule has 0 saturated heterocycles. The van der Waals surface area contributed by atoms with Gasteiger partial charge in [0.2, 0.25) is 0 Å². The predicted octanol–water partition coefficient (Wildman–Crippen LogP) is 8.31. The van der Waals surface area contributed by atoms with Crippen LogP contribution in [0.2, 0.25) is 0 Å². The van der Waals surface area contributed by atoms with Crippen LogP contribution < -0.4 is 9.64 Å². The molecule has 36 heavy (non-hydrogen) atoms. The first-order valence-electron chi connectivity index (χ1n) is 11.4. The van der Waals surface area contributed by atoms with Gasteiger partial charge < -0.3 is 9.64 Å². The zero-order valence-electron chi connectivity index (χ0n) is 20.0. The van der Waals surface area contributed by atoms with Gasteiger partial charge in [-0.3, -0.25) is 0 Å². The highest BCUT2D eigenvalue weighted by atomic mass is 19.1. The molecule has 0 N–H and O–H groups in total. The summed E-state index contributed by atoms with van der Waals surface area (Å²) < 4.78 is 32.1. The number of nitrogens with zero attached hydrogens (tertiary/aromatic N) is 1. The highest BCUT2D eigenvalue weighted by molar-refractivity contribution is 5.84. The van der Waals surface area contributed by atoms with Crippen LogP contribution in [0.15, 0.2) is 97.6 Å². The molecule has 5 heteroatoms. The second-order valence-corrected chi connectivity index (χ2v) is 8.35. The maximum Gasteiger partial charge on any atom is 0.335 e. The number of ether oxygens (including phenoxy) is 1. The Bertz CT molecular complexity index is 1400. The van der Waals surface area contributed by atoms with Gasteiger partial charge in [-0.05, 0) is 96.8 Å². The molecule has 0 saturated carbocycles. The minimum absolute atomic E-state index is 0.429. The van der Waals surface area contributed by atoms with Crippen molar-refractivity contribution in [3.05, 3.63) is 131 Å². The van der Waals surface area contributed by atoms with Crippen LogP contribution in [0.3, 0.4) is 0 Å². The number of carbonyl (C=O) groups is 1. The van der Waals surface area contributed by atoms with E-state index in [1.807, 2.05) is 36.4 Å². The van der Waals surface area contributed by atoms with Crippen molar-refractivity contribution in [2.24, 2.45) is 0 Å². The van der Waals surface area contributed by atoms with Crippen LogP contribution in [-0.2, 0) is 4.79 Å². The van der Waals surface area contributed by atoms with Crippen molar-refractivity contribution in [2.45, 2.75) is 13.8 Å². The molecule has 0 atom stereocenters. The van der Waals surface area contributed by atoms with Gasteiger partial charge in [0, 0.05) is 29.2 Å². The van der Waals surface area contributed by atoms with E-state index in [9.17, 15) is 13.6 Å². The van der Waals surface area contributed by atoms with E-state index in [0.29, 0.717) is 11.3 Å². The predicted molar refractivity (Wildman–Crippen MR) is 142 cm³/mol. The Kier molecular flexibility index (Phi) is 7.40. The normalized spacial score (nSPS) is 10.9. The molecule has 0 aliphatic rings. The monoisotopic (exact) mass is 481 g/mol. The molecule has 4 aromatic rings. The lowest BCUT2D eigenvalue weighted by Crippen LogP contribution is -2.10. The van der Waals surface area contributed by atoms with Crippen molar-refractivity contribution in [3.8, 4) is 5.75 Å². The molecule has 0 amide bonds. The van der Waals surface area contributed by atoms with Crippen molar-refractivity contribution in [2.75, 3.05) is 4.90 Å². The van der Waals surface area contributed by atoms with E-state index in [1.54, 1.807) is 24.3 Å². The summed E-state index contributed by atoms with van der Waals surface area (Å²) in [7, 11) is 0. The minimum Gasteiger partial charge on any atom is -0.423 e. The fourth-order valence-electron chi connectivity index (χ4n) is 3.73. The number of halogens is 2. The van der Waals surface area contributed by atoms with E-state index in [1.165, 1.54) is 17.7 Å². The molecule has 0 spiro atoms. The lowest BCUT2D eigenvalue weighted by molar-refractivity contribution is -0.128. The second-order valence-electron chi connectivity index (χ2n) is 8.35. The van der Waals surface area contributed by atoms with Gasteiger partial charge in [-0.1, -0.05) is 36.9 Å². The molecule has 0 fully saturated rings. The molecular weight excluding hydrogens is 456 g/mol. The number of hydrogen-bond acceptors (Lipinski definition) is 3. The van der Waals surface area contributed by atoms with E-state index >= 15 is 0 Å². The van der Waals surface area contributed by atoms with Crippen LogP contribution in [0.4, 0.5) is 25.8 Å². The summed E-state index contributed by atoms with van der Waals surface area (Å²) in [6.07, 6.45) is 4.60. The molecular formula is C31H25F2NO2. The van der Waals surface area contributed by atoms with E-state index in [4.69, 9.17) is 4.74 Å². The summed E-state index contributed by atoms with van der Waals surface area (Å²) >= 11 is 0. The first kappa shape index (κ1) is 24.6. The molecule has 0 aliphatic carbocycles. The maximum absolute atomic E-state index is 13.5. The van der Waals surface area contributed by atoms with Crippen LogP contribution in [0, 0.1) is 25.5 Å². The van der Waals surface area contributed by atoms with E-state index < -0.39 is 17.6 Å². The molecule has 0 bridgehead atoms. The number of benzene rings is 4. The Morgan fingerprint density at radius 1 is 0.722 bits per heavy atom. The van der Waals surface area contributed by atoms with Crippen LogP contribution >= 0.6 is 0 Å². The molecule has 4 aromatic carbocycles. The third kappa shape index (κ3) is 5.94.